The van der Waals surface area contributed by atoms with Crippen LogP contribution < -0.4 is 5.43 Å². The van der Waals surface area contributed by atoms with Crippen LogP contribution in [0.2, 0.25) is 10.2 Å². The van der Waals surface area contributed by atoms with E-state index in [0.717, 1.165) is 0 Å². The lowest BCUT2D eigenvalue weighted by Gasteiger charge is -2.01. The second kappa shape index (κ2) is 6.25. The van der Waals surface area contributed by atoms with Gasteiger partial charge in [-0.1, -0.05) is 29.3 Å². The first-order valence-electron chi connectivity index (χ1n) is 4.42. The maximum absolute atomic E-state index is 11.5. The molecule has 0 fully saturated rings. The zero-order valence-electron chi connectivity index (χ0n) is 8.45. The number of hydrogen-bond donors (Lipinski definition) is 1. The van der Waals surface area contributed by atoms with Gasteiger partial charge in [0.1, 0.15) is 10.8 Å². The van der Waals surface area contributed by atoms with Crippen LogP contribution in [0, 0.1) is 0 Å². The molecular weight excluding hydrogens is 249 g/mol. The molecule has 0 bridgehead atoms. The lowest BCUT2D eigenvalue weighted by Crippen LogP contribution is -2.19. The van der Waals surface area contributed by atoms with Crippen LogP contribution in [0.25, 0.3) is 0 Å². The number of carbonyl (C=O) groups is 1. The van der Waals surface area contributed by atoms with Crippen LogP contribution in [0.5, 0.6) is 0 Å². The highest BCUT2D eigenvalue weighted by Gasteiger charge is 2.11. The maximum atomic E-state index is 11.5. The molecule has 0 aliphatic carbocycles. The molecule has 0 aliphatic rings. The minimum absolute atomic E-state index is 0.0480. The monoisotopic (exact) mass is 257 g/mol. The van der Waals surface area contributed by atoms with Gasteiger partial charge in [0.15, 0.2) is 0 Å². The summed E-state index contributed by atoms with van der Waals surface area (Å²) < 4.78 is 0. The molecule has 6 heteroatoms. The van der Waals surface area contributed by atoms with E-state index in [1.807, 2.05) is 6.92 Å². The predicted molar refractivity (Wildman–Crippen MR) is 65.0 cm³/mol. The number of amides is 1. The molecule has 0 saturated carbocycles. The molecular formula is C10H9Cl2N3O. The van der Waals surface area contributed by atoms with E-state index in [9.17, 15) is 4.79 Å². The van der Waals surface area contributed by atoms with E-state index >= 15 is 0 Å². The molecule has 1 heterocycles. The molecule has 1 N–H and O–H groups in total. The summed E-state index contributed by atoms with van der Waals surface area (Å²) in [5.74, 6) is -0.506. The highest BCUT2D eigenvalue weighted by atomic mass is 35.5. The van der Waals surface area contributed by atoms with Crippen molar-refractivity contribution in [3.8, 4) is 0 Å². The number of nitrogens with one attached hydrogen (secondary N) is 1. The van der Waals surface area contributed by atoms with Gasteiger partial charge in [-0.3, -0.25) is 4.79 Å². The number of hydrogen-bond acceptors (Lipinski definition) is 3. The van der Waals surface area contributed by atoms with Gasteiger partial charge in [-0.15, -0.1) is 0 Å². The zero-order chi connectivity index (χ0) is 12.0. The Labute approximate surface area is 103 Å². The topological polar surface area (TPSA) is 54.4 Å². The summed E-state index contributed by atoms with van der Waals surface area (Å²) in [6.45, 7) is 1.84. The van der Waals surface area contributed by atoms with Crippen molar-refractivity contribution in [2.75, 3.05) is 0 Å². The van der Waals surface area contributed by atoms with Crippen molar-refractivity contribution in [3.63, 3.8) is 0 Å². The van der Waals surface area contributed by atoms with Crippen molar-refractivity contribution in [1.29, 1.82) is 0 Å². The molecule has 0 saturated heterocycles. The molecule has 1 aromatic heterocycles. The van der Waals surface area contributed by atoms with Gasteiger partial charge in [0.2, 0.25) is 0 Å². The molecule has 4 nitrogen and oxygen atoms in total. The summed E-state index contributed by atoms with van der Waals surface area (Å²) in [6, 6.07) is 3.01. The summed E-state index contributed by atoms with van der Waals surface area (Å²) in [6.07, 6.45) is 4.89. The average Bonchev–Trinajstić information content (AvgIpc) is 2.27. The van der Waals surface area contributed by atoms with Crippen LogP contribution in [-0.2, 0) is 0 Å². The Hall–Kier alpha value is -1.39. The van der Waals surface area contributed by atoms with E-state index in [1.165, 1.54) is 18.3 Å². The smallest absolute Gasteiger partial charge is 0.265 e. The van der Waals surface area contributed by atoms with Crippen molar-refractivity contribution < 1.29 is 4.79 Å². The summed E-state index contributed by atoms with van der Waals surface area (Å²) >= 11 is 11.4. The first-order valence-corrected chi connectivity index (χ1v) is 5.17. The fourth-order valence-corrected chi connectivity index (χ4v) is 1.19. The number of rotatable bonds is 3. The number of pyridine rings is 1. The number of aromatic nitrogens is 1. The summed E-state index contributed by atoms with van der Waals surface area (Å²) in [7, 11) is 0. The van der Waals surface area contributed by atoms with E-state index in [0.29, 0.717) is 0 Å². The minimum atomic E-state index is -0.506. The second-order valence-electron chi connectivity index (χ2n) is 2.71. The van der Waals surface area contributed by atoms with Crippen molar-refractivity contribution in [2.45, 2.75) is 6.92 Å². The van der Waals surface area contributed by atoms with Gasteiger partial charge in [0.25, 0.3) is 5.91 Å². The maximum Gasteiger partial charge on any atom is 0.291 e. The van der Waals surface area contributed by atoms with Crippen molar-refractivity contribution in [1.82, 2.24) is 10.4 Å². The number of halogens is 2. The highest BCUT2D eigenvalue weighted by molar-refractivity contribution is 6.34. The predicted octanol–water partition coefficient (Wildman–Crippen LogP) is 2.68. The van der Waals surface area contributed by atoms with Gasteiger partial charge in [-0.05, 0) is 25.1 Å². The molecule has 1 rings (SSSR count). The van der Waals surface area contributed by atoms with Gasteiger partial charge < -0.3 is 0 Å². The summed E-state index contributed by atoms with van der Waals surface area (Å²) in [5, 5.41) is 4.08. The molecule has 84 valence electrons. The molecule has 0 unspecified atom stereocenters. The van der Waals surface area contributed by atoms with Crippen LogP contribution >= 0.6 is 23.2 Å². The van der Waals surface area contributed by atoms with E-state index < -0.39 is 5.91 Å². The fraction of sp³-hybridized carbons (Fsp3) is 0.100. The molecule has 1 aromatic rings. The van der Waals surface area contributed by atoms with Gasteiger partial charge in [-0.2, -0.15) is 5.10 Å². The molecule has 16 heavy (non-hydrogen) atoms. The van der Waals surface area contributed by atoms with Crippen molar-refractivity contribution in [2.24, 2.45) is 5.10 Å². The van der Waals surface area contributed by atoms with E-state index in [2.05, 4.69) is 15.5 Å². The number of carbonyl (C=O) groups excluding carboxylic acids is 1. The molecule has 1 amide bonds. The van der Waals surface area contributed by atoms with E-state index in [4.69, 9.17) is 23.2 Å². The first kappa shape index (κ1) is 12.7. The van der Waals surface area contributed by atoms with Gasteiger partial charge in [-0.25, -0.2) is 10.4 Å². The number of nitrogens with zero attached hydrogens (tertiary/aromatic N) is 2. The number of allylic oxidation sites excluding steroid dienone is 2. The van der Waals surface area contributed by atoms with Gasteiger partial charge >= 0.3 is 0 Å². The highest BCUT2D eigenvalue weighted by Crippen LogP contribution is 2.16. The minimum Gasteiger partial charge on any atom is -0.265 e. The lowest BCUT2D eigenvalue weighted by molar-refractivity contribution is 0.0950. The lowest BCUT2D eigenvalue weighted by atomic mass is 10.3. The average molecular weight is 258 g/mol. The molecule has 0 spiro atoms. The Morgan fingerprint density at radius 3 is 2.94 bits per heavy atom. The summed E-state index contributed by atoms with van der Waals surface area (Å²) in [4.78, 5) is 15.3. The normalized spacial score (nSPS) is 11.2. The third-order valence-electron chi connectivity index (χ3n) is 1.55. The largest absolute Gasteiger partial charge is 0.291 e. The Bertz CT molecular complexity index is 444. The first-order chi connectivity index (χ1) is 7.65. The molecule has 0 radical (unpaired) electrons. The van der Waals surface area contributed by atoms with Crippen LogP contribution in [-0.4, -0.2) is 17.1 Å². The Kier molecular flexibility index (Phi) is 4.95. The quantitative estimate of drug-likeness (QED) is 0.514. The van der Waals surface area contributed by atoms with Crippen LogP contribution in [0.3, 0.4) is 0 Å². The molecule has 0 aliphatic heterocycles. The molecule has 0 aromatic carbocycles. The fourth-order valence-electron chi connectivity index (χ4n) is 0.856. The zero-order valence-corrected chi connectivity index (χ0v) is 9.96. The SMILES string of the molecule is C/C=C/C=N/NC(=O)c1nc(Cl)ccc1Cl. The Morgan fingerprint density at radius 2 is 2.25 bits per heavy atom. The Balaban J connectivity index is 2.76. The van der Waals surface area contributed by atoms with E-state index in [-0.39, 0.29) is 15.9 Å². The molecule has 0 atom stereocenters. The van der Waals surface area contributed by atoms with Crippen LogP contribution in [0.1, 0.15) is 17.4 Å². The standard InChI is InChI=1S/C10H9Cl2N3O/c1-2-3-6-13-15-10(16)9-7(11)4-5-8(12)14-9/h2-6H,1H3,(H,15,16)/b3-2+,13-6+. The Morgan fingerprint density at radius 1 is 1.50 bits per heavy atom. The number of hydrazone groups is 1. The van der Waals surface area contributed by atoms with Crippen molar-refractivity contribution in [3.05, 3.63) is 40.2 Å². The van der Waals surface area contributed by atoms with Gasteiger partial charge in [0, 0.05) is 6.21 Å². The second-order valence-corrected chi connectivity index (χ2v) is 3.50. The van der Waals surface area contributed by atoms with Crippen LogP contribution in [0.15, 0.2) is 29.4 Å². The van der Waals surface area contributed by atoms with Gasteiger partial charge in [0.05, 0.1) is 5.02 Å². The van der Waals surface area contributed by atoms with Crippen LogP contribution in [0.4, 0.5) is 0 Å². The summed E-state index contributed by atoms with van der Waals surface area (Å²) in [5.41, 5.74) is 2.32. The third-order valence-corrected chi connectivity index (χ3v) is 2.06. The third kappa shape index (κ3) is 3.64. The van der Waals surface area contributed by atoms with E-state index in [1.54, 1.807) is 12.2 Å². The van der Waals surface area contributed by atoms with Crippen molar-refractivity contribution >= 4 is 35.3 Å².